The van der Waals surface area contributed by atoms with E-state index in [0.29, 0.717) is 25.1 Å². The molecule has 2 aliphatic heterocycles. The van der Waals surface area contributed by atoms with Gasteiger partial charge in [-0.15, -0.1) is 0 Å². The summed E-state index contributed by atoms with van der Waals surface area (Å²) in [5, 5.41) is 9.74. The molecule has 4 nitrogen and oxygen atoms in total. The van der Waals surface area contributed by atoms with Crippen LogP contribution in [0.4, 0.5) is 0 Å². The SMILES string of the molecule is CCOC(=O)C[C@H](C)N1[C@@H]2CC[C@@H]1CC(O)C2. The molecule has 2 fully saturated rings. The summed E-state index contributed by atoms with van der Waals surface area (Å²) in [5.74, 6) is -0.106. The number of aliphatic hydroxyl groups excluding tert-OH is 1. The molecular weight excluding hydrogens is 218 g/mol. The number of carbonyl (C=O) groups is 1. The van der Waals surface area contributed by atoms with Crippen LogP contribution in [0.2, 0.25) is 0 Å². The van der Waals surface area contributed by atoms with E-state index in [9.17, 15) is 9.90 Å². The highest BCUT2D eigenvalue weighted by molar-refractivity contribution is 5.70. The van der Waals surface area contributed by atoms with Crippen LogP contribution in [0, 0.1) is 0 Å². The first kappa shape index (κ1) is 12.8. The standard InChI is InChI=1S/C13H23NO3/c1-3-17-13(16)6-9(2)14-10-4-5-11(14)8-12(15)7-10/h9-12,15H,3-8H2,1-2H3/t9-,10+,11+/m0/s1. The van der Waals surface area contributed by atoms with E-state index < -0.39 is 0 Å². The molecule has 17 heavy (non-hydrogen) atoms. The fourth-order valence-corrected chi connectivity index (χ4v) is 3.47. The second-order valence-electron chi connectivity index (χ2n) is 5.32. The lowest BCUT2D eigenvalue weighted by Crippen LogP contribution is -2.49. The molecule has 98 valence electrons. The molecule has 0 radical (unpaired) electrons. The number of rotatable bonds is 4. The van der Waals surface area contributed by atoms with E-state index in [2.05, 4.69) is 11.8 Å². The van der Waals surface area contributed by atoms with Gasteiger partial charge in [-0.2, -0.15) is 0 Å². The maximum Gasteiger partial charge on any atom is 0.307 e. The molecule has 0 unspecified atom stereocenters. The number of esters is 1. The molecular formula is C13H23NO3. The van der Waals surface area contributed by atoms with Crippen molar-refractivity contribution in [3.63, 3.8) is 0 Å². The molecule has 2 saturated heterocycles. The molecule has 2 heterocycles. The van der Waals surface area contributed by atoms with Gasteiger partial charge in [0.1, 0.15) is 0 Å². The van der Waals surface area contributed by atoms with Gasteiger partial charge in [-0.05, 0) is 39.5 Å². The fraction of sp³-hybridized carbons (Fsp3) is 0.923. The molecule has 0 spiro atoms. The molecule has 1 N–H and O–H groups in total. The lowest BCUT2D eigenvalue weighted by molar-refractivity contribution is -0.145. The Balaban J connectivity index is 1.91. The first-order chi connectivity index (χ1) is 8.11. The first-order valence-electron chi connectivity index (χ1n) is 6.73. The summed E-state index contributed by atoms with van der Waals surface area (Å²) in [5.41, 5.74) is 0. The largest absolute Gasteiger partial charge is 0.466 e. The molecule has 2 bridgehead atoms. The van der Waals surface area contributed by atoms with E-state index in [-0.39, 0.29) is 18.1 Å². The minimum absolute atomic E-state index is 0.106. The Morgan fingerprint density at radius 1 is 1.41 bits per heavy atom. The number of nitrogens with zero attached hydrogens (tertiary/aromatic N) is 1. The van der Waals surface area contributed by atoms with Crippen molar-refractivity contribution in [1.29, 1.82) is 0 Å². The number of aliphatic hydroxyl groups is 1. The fourth-order valence-electron chi connectivity index (χ4n) is 3.47. The van der Waals surface area contributed by atoms with Gasteiger partial charge in [0.15, 0.2) is 0 Å². The third-order valence-electron chi connectivity index (χ3n) is 4.04. The number of ether oxygens (including phenoxy) is 1. The number of hydrogen-bond acceptors (Lipinski definition) is 4. The topological polar surface area (TPSA) is 49.8 Å². The maximum absolute atomic E-state index is 11.5. The van der Waals surface area contributed by atoms with Gasteiger partial charge in [0, 0.05) is 18.1 Å². The van der Waals surface area contributed by atoms with Gasteiger partial charge in [0.2, 0.25) is 0 Å². The Hall–Kier alpha value is -0.610. The van der Waals surface area contributed by atoms with Gasteiger partial charge in [-0.1, -0.05) is 0 Å². The van der Waals surface area contributed by atoms with E-state index in [1.807, 2.05) is 6.92 Å². The molecule has 0 aromatic carbocycles. The van der Waals surface area contributed by atoms with Crippen LogP contribution < -0.4 is 0 Å². The van der Waals surface area contributed by atoms with Crippen LogP contribution in [0.25, 0.3) is 0 Å². The lowest BCUT2D eigenvalue weighted by Gasteiger charge is -2.40. The molecule has 0 amide bonds. The van der Waals surface area contributed by atoms with Gasteiger partial charge in [0.25, 0.3) is 0 Å². The summed E-state index contributed by atoms with van der Waals surface area (Å²) in [4.78, 5) is 13.9. The van der Waals surface area contributed by atoms with Crippen molar-refractivity contribution in [2.45, 2.75) is 70.2 Å². The van der Waals surface area contributed by atoms with Crippen LogP contribution in [0.3, 0.4) is 0 Å². The zero-order valence-corrected chi connectivity index (χ0v) is 10.8. The molecule has 4 heteroatoms. The monoisotopic (exact) mass is 241 g/mol. The third kappa shape index (κ3) is 2.80. The predicted molar refractivity (Wildman–Crippen MR) is 64.6 cm³/mol. The van der Waals surface area contributed by atoms with Crippen LogP contribution in [0.15, 0.2) is 0 Å². The van der Waals surface area contributed by atoms with Crippen LogP contribution in [0.1, 0.15) is 46.0 Å². The zero-order valence-electron chi connectivity index (χ0n) is 10.8. The second kappa shape index (κ2) is 5.36. The van der Waals surface area contributed by atoms with Crippen molar-refractivity contribution in [1.82, 2.24) is 4.90 Å². The van der Waals surface area contributed by atoms with E-state index in [1.165, 1.54) is 0 Å². The van der Waals surface area contributed by atoms with Crippen molar-refractivity contribution in [2.24, 2.45) is 0 Å². The smallest absolute Gasteiger partial charge is 0.307 e. The van der Waals surface area contributed by atoms with Gasteiger partial charge < -0.3 is 9.84 Å². The third-order valence-corrected chi connectivity index (χ3v) is 4.04. The van der Waals surface area contributed by atoms with Crippen LogP contribution in [-0.4, -0.2) is 46.8 Å². The van der Waals surface area contributed by atoms with Crippen molar-refractivity contribution in [3.8, 4) is 0 Å². The molecule has 0 aromatic heterocycles. The van der Waals surface area contributed by atoms with Crippen LogP contribution in [-0.2, 0) is 9.53 Å². The van der Waals surface area contributed by atoms with E-state index in [4.69, 9.17) is 4.74 Å². The first-order valence-corrected chi connectivity index (χ1v) is 6.73. The molecule has 0 saturated carbocycles. The Bertz CT molecular complexity index is 268. The number of piperidine rings is 1. The highest BCUT2D eigenvalue weighted by Crippen LogP contribution is 2.37. The molecule has 2 rings (SSSR count). The highest BCUT2D eigenvalue weighted by Gasteiger charge is 2.42. The minimum Gasteiger partial charge on any atom is -0.466 e. The summed E-state index contributed by atoms with van der Waals surface area (Å²) in [6, 6.07) is 1.17. The van der Waals surface area contributed by atoms with E-state index in [0.717, 1.165) is 25.7 Å². The van der Waals surface area contributed by atoms with Gasteiger partial charge >= 0.3 is 5.97 Å². The van der Waals surface area contributed by atoms with Crippen molar-refractivity contribution < 1.29 is 14.6 Å². The predicted octanol–water partition coefficient (Wildman–Crippen LogP) is 1.32. The van der Waals surface area contributed by atoms with E-state index in [1.54, 1.807) is 0 Å². The van der Waals surface area contributed by atoms with Crippen LogP contribution >= 0.6 is 0 Å². The Labute approximate surface area is 103 Å². The second-order valence-corrected chi connectivity index (χ2v) is 5.32. The lowest BCUT2D eigenvalue weighted by atomic mass is 9.97. The van der Waals surface area contributed by atoms with E-state index >= 15 is 0 Å². The average Bonchev–Trinajstić information content (AvgIpc) is 2.51. The summed E-state index contributed by atoms with van der Waals surface area (Å²) >= 11 is 0. The summed E-state index contributed by atoms with van der Waals surface area (Å²) < 4.78 is 5.00. The molecule has 2 aliphatic rings. The van der Waals surface area contributed by atoms with Crippen molar-refractivity contribution in [3.05, 3.63) is 0 Å². The Morgan fingerprint density at radius 3 is 2.53 bits per heavy atom. The quantitative estimate of drug-likeness (QED) is 0.754. The van der Waals surface area contributed by atoms with Crippen molar-refractivity contribution in [2.75, 3.05) is 6.61 Å². The minimum atomic E-state index is -0.140. The normalized spacial score (nSPS) is 34.6. The van der Waals surface area contributed by atoms with Crippen molar-refractivity contribution >= 4 is 5.97 Å². The zero-order chi connectivity index (χ0) is 12.4. The van der Waals surface area contributed by atoms with Gasteiger partial charge in [0.05, 0.1) is 19.1 Å². The number of hydrogen-bond donors (Lipinski definition) is 1. The number of carbonyl (C=O) groups excluding carboxylic acids is 1. The van der Waals surface area contributed by atoms with Gasteiger partial charge in [-0.3, -0.25) is 9.69 Å². The summed E-state index contributed by atoms with van der Waals surface area (Å²) in [7, 11) is 0. The van der Waals surface area contributed by atoms with Crippen LogP contribution in [0.5, 0.6) is 0 Å². The molecule has 3 atom stereocenters. The Kier molecular flexibility index (Phi) is 4.05. The number of fused-ring (bicyclic) bond motifs is 2. The molecule has 0 aliphatic carbocycles. The summed E-state index contributed by atoms with van der Waals surface area (Å²) in [6.07, 6.45) is 4.38. The molecule has 0 aromatic rings. The maximum atomic E-state index is 11.5. The highest BCUT2D eigenvalue weighted by atomic mass is 16.5. The average molecular weight is 241 g/mol. The summed E-state index contributed by atoms with van der Waals surface area (Å²) in [6.45, 7) is 4.39. The Morgan fingerprint density at radius 2 is 2.00 bits per heavy atom. The van der Waals surface area contributed by atoms with Gasteiger partial charge in [-0.25, -0.2) is 0 Å².